The van der Waals surface area contributed by atoms with E-state index in [1.807, 2.05) is 0 Å². The summed E-state index contributed by atoms with van der Waals surface area (Å²) < 4.78 is 31.6. The van der Waals surface area contributed by atoms with Crippen LogP contribution in [0.5, 0.6) is 0 Å². The predicted molar refractivity (Wildman–Crippen MR) is 71.9 cm³/mol. The zero-order valence-corrected chi connectivity index (χ0v) is 11.6. The number of cyclic esters (lactones) is 1. The fourth-order valence-electron chi connectivity index (χ4n) is 1.74. The van der Waals surface area contributed by atoms with E-state index in [4.69, 9.17) is 5.11 Å². The number of ether oxygens (including phenoxy) is 1. The molecule has 1 aromatic carbocycles. The van der Waals surface area contributed by atoms with Gasteiger partial charge in [-0.2, -0.15) is 12.7 Å². The van der Waals surface area contributed by atoms with Crippen LogP contribution in [0, 0.1) is 0 Å². The van der Waals surface area contributed by atoms with Crippen molar-refractivity contribution in [1.82, 2.24) is 9.62 Å². The van der Waals surface area contributed by atoms with E-state index >= 15 is 0 Å². The number of anilines is 1. The molecular weight excluding hydrogens is 302 g/mol. The molecule has 9 nitrogen and oxygen atoms in total. The molecule has 0 bridgehead atoms. The smallest absolute Gasteiger partial charge is 0.425 e. The quantitative estimate of drug-likeness (QED) is 0.729. The summed E-state index contributed by atoms with van der Waals surface area (Å²) in [6.45, 7) is -0.135. The van der Waals surface area contributed by atoms with Gasteiger partial charge in [0.05, 0.1) is 12.2 Å². The molecule has 21 heavy (non-hydrogen) atoms. The van der Waals surface area contributed by atoms with Crippen molar-refractivity contribution in [3.8, 4) is 0 Å². The van der Waals surface area contributed by atoms with Crippen LogP contribution < -0.4 is 10.0 Å². The summed E-state index contributed by atoms with van der Waals surface area (Å²) in [6, 6.07) is 6.26. The maximum atomic E-state index is 12.1. The average molecular weight is 315 g/mol. The van der Waals surface area contributed by atoms with E-state index in [0.717, 1.165) is 0 Å². The number of hydrogen-bond acceptors (Lipinski definition) is 5. The minimum Gasteiger partial charge on any atom is -0.465 e. The van der Waals surface area contributed by atoms with Crippen molar-refractivity contribution in [1.29, 1.82) is 0 Å². The van der Waals surface area contributed by atoms with Crippen LogP contribution in [-0.4, -0.2) is 43.2 Å². The number of nitrogens with one attached hydrogen (secondary N) is 2. The molecule has 1 aromatic rings. The Balaban J connectivity index is 2.19. The Morgan fingerprint density at radius 1 is 1.38 bits per heavy atom. The largest absolute Gasteiger partial charge is 0.465 e. The Bertz CT molecular complexity index is 660. The first kappa shape index (κ1) is 14.9. The Morgan fingerprint density at radius 2 is 2.10 bits per heavy atom. The normalized spacial score (nSPS) is 14.7. The number of amides is 2. The molecule has 1 saturated heterocycles. The average Bonchev–Trinajstić information content (AvgIpc) is 2.84. The minimum atomic E-state index is -4.09. The number of para-hydroxylation sites is 1. The van der Waals surface area contributed by atoms with Gasteiger partial charge in [-0.05, 0) is 11.6 Å². The second kappa shape index (κ2) is 5.87. The van der Waals surface area contributed by atoms with Crippen molar-refractivity contribution in [2.45, 2.75) is 6.54 Å². The number of rotatable bonds is 5. The summed E-state index contributed by atoms with van der Waals surface area (Å²) in [5.74, 6) is 0. The fourth-order valence-corrected chi connectivity index (χ4v) is 2.89. The molecular formula is C11H13N3O6S. The lowest BCUT2D eigenvalue weighted by Gasteiger charge is -2.17. The van der Waals surface area contributed by atoms with E-state index in [2.05, 4.69) is 14.8 Å². The van der Waals surface area contributed by atoms with Gasteiger partial charge >= 0.3 is 22.4 Å². The summed E-state index contributed by atoms with van der Waals surface area (Å²) in [6.07, 6.45) is -2.17. The topological polar surface area (TPSA) is 125 Å². The van der Waals surface area contributed by atoms with Gasteiger partial charge in [0.25, 0.3) is 0 Å². The molecule has 3 N–H and O–H groups in total. The lowest BCUT2D eigenvalue weighted by atomic mass is 10.2. The van der Waals surface area contributed by atoms with Crippen LogP contribution in [0.15, 0.2) is 24.3 Å². The summed E-state index contributed by atoms with van der Waals surface area (Å²) in [4.78, 5) is 21.8. The molecule has 0 saturated carbocycles. The molecule has 0 aliphatic carbocycles. The highest BCUT2D eigenvalue weighted by Gasteiger charge is 2.33. The van der Waals surface area contributed by atoms with Crippen LogP contribution >= 0.6 is 0 Å². The van der Waals surface area contributed by atoms with Crippen LogP contribution in [0.1, 0.15) is 5.56 Å². The molecule has 1 fully saturated rings. The number of carbonyl (C=O) groups is 2. The van der Waals surface area contributed by atoms with Crippen LogP contribution in [0.3, 0.4) is 0 Å². The van der Waals surface area contributed by atoms with E-state index in [9.17, 15) is 18.0 Å². The number of carboxylic acid groups (broad SMARTS) is 1. The van der Waals surface area contributed by atoms with Crippen molar-refractivity contribution in [3.63, 3.8) is 0 Å². The Morgan fingerprint density at radius 3 is 2.71 bits per heavy atom. The van der Waals surface area contributed by atoms with Gasteiger partial charge in [0.1, 0.15) is 6.61 Å². The van der Waals surface area contributed by atoms with E-state index < -0.39 is 22.4 Å². The van der Waals surface area contributed by atoms with Gasteiger partial charge in [-0.1, -0.05) is 18.2 Å². The summed E-state index contributed by atoms with van der Waals surface area (Å²) in [7, 11) is -4.09. The molecule has 1 aliphatic heterocycles. The van der Waals surface area contributed by atoms with Gasteiger partial charge in [-0.15, -0.1) is 0 Å². The third kappa shape index (κ3) is 3.54. The van der Waals surface area contributed by atoms with Crippen LogP contribution in [0.4, 0.5) is 15.3 Å². The first-order chi connectivity index (χ1) is 9.90. The van der Waals surface area contributed by atoms with Crippen LogP contribution in [0.25, 0.3) is 0 Å². The van der Waals surface area contributed by atoms with Crippen molar-refractivity contribution in [3.05, 3.63) is 29.8 Å². The number of benzene rings is 1. The van der Waals surface area contributed by atoms with Crippen molar-refractivity contribution in [2.75, 3.05) is 17.9 Å². The molecule has 0 unspecified atom stereocenters. The SMILES string of the molecule is O=C(O)NCc1ccccc1NS(=O)(=O)N1CCOC1=O. The van der Waals surface area contributed by atoms with E-state index in [1.54, 1.807) is 18.2 Å². The van der Waals surface area contributed by atoms with Gasteiger partial charge in [-0.3, -0.25) is 4.72 Å². The molecule has 10 heteroatoms. The Kier molecular flexibility index (Phi) is 4.17. The highest BCUT2D eigenvalue weighted by Crippen LogP contribution is 2.19. The number of carbonyl (C=O) groups excluding carboxylic acids is 1. The maximum absolute atomic E-state index is 12.1. The zero-order valence-electron chi connectivity index (χ0n) is 10.8. The number of hydrogen-bond donors (Lipinski definition) is 3. The van der Waals surface area contributed by atoms with Crippen molar-refractivity contribution in [2.24, 2.45) is 0 Å². The standard InChI is InChI=1S/C11H13N3O6S/c15-10(16)12-7-8-3-1-2-4-9(8)13-21(18,19)14-5-6-20-11(14)17/h1-4,12-13H,5-7H2,(H,15,16). The van der Waals surface area contributed by atoms with Gasteiger partial charge < -0.3 is 15.2 Å². The number of nitrogens with zero attached hydrogens (tertiary/aromatic N) is 1. The lowest BCUT2D eigenvalue weighted by molar-refractivity contribution is 0.170. The summed E-state index contributed by atoms with van der Waals surface area (Å²) >= 11 is 0. The summed E-state index contributed by atoms with van der Waals surface area (Å²) in [5.41, 5.74) is 0.613. The van der Waals surface area contributed by atoms with E-state index in [-0.39, 0.29) is 25.4 Å². The molecule has 0 spiro atoms. The molecule has 1 aliphatic rings. The maximum Gasteiger partial charge on any atom is 0.425 e. The van der Waals surface area contributed by atoms with Gasteiger partial charge in [0.2, 0.25) is 0 Å². The van der Waals surface area contributed by atoms with Gasteiger partial charge in [0, 0.05) is 6.54 Å². The van der Waals surface area contributed by atoms with E-state index in [0.29, 0.717) is 9.87 Å². The summed E-state index contributed by atoms with van der Waals surface area (Å²) in [5, 5.41) is 10.7. The highest BCUT2D eigenvalue weighted by molar-refractivity contribution is 7.90. The molecule has 0 atom stereocenters. The minimum absolute atomic E-state index is 0.00194. The van der Waals surface area contributed by atoms with Gasteiger partial charge in [-0.25, -0.2) is 9.59 Å². The third-order valence-corrected chi connectivity index (χ3v) is 4.09. The van der Waals surface area contributed by atoms with E-state index in [1.165, 1.54) is 6.07 Å². The zero-order chi connectivity index (χ0) is 15.5. The Hall–Kier alpha value is -2.49. The molecule has 0 radical (unpaired) electrons. The predicted octanol–water partition coefficient (Wildman–Crippen LogP) is 0.563. The second-order valence-electron chi connectivity index (χ2n) is 4.11. The molecule has 2 amide bonds. The van der Waals surface area contributed by atoms with Gasteiger partial charge in [0.15, 0.2) is 0 Å². The first-order valence-electron chi connectivity index (χ1n) is 5.92. The first-order valence-corrected chi connectivity index (χ1v) is 7.36. The third-order valence-electron chi connectivity index (χ3n) is 2.70. The molecule has 2 rings (SSSR count). The molecule has 1 heterocycles. The van der Waals surface area contributed by atoms with Crippen molar-refractivity contribution < 1.29 is 27.9 Å². The second-order valence-corrected chi connectivity index (χ2v) is 5.70. The van der Waals surface area contributed by atoms with Crippen LogP contribution in [-0.2, 0) is 21.5 Å². The fraction of sp³-hybridized carbons (Fsp3) is 0.273. The Labute approximate surface area is 120 Å². The van der Waals surface area contributed by atoms with Crippen LogP contribution in [0.2, 0.25) is 0 Å². The molecule has 114 valence electrons. The monoisotopic (exact) mass is 315 g/mol. The lowest BCUT2D eigenvalue weighted by Crippen LogP contribution is -2.36. The highest BCUT2D eigenvalue weighted by atomic mass is 32.2. The molecule has 0 aromatic heterocycles. The van der Waals surface area contributed by atoms with Crippen molar-refractivity contribution >= 4 is 28.1 Å².